The van der Waals surface area contributed by atoms with Gasteiger partial charge in [0, 0.05) is 11.1 Å². The molecule has 3 aromatic rings. The number of benzene rings is 2. The van der Waals surface area contributed by atoms with Gasteiger partial charge < -0.3 is 9.47 Å². The quantitative estimate of drug-likeness (QED) is 0.528. The molecule has 0 bridgehead atoms. The molecule has 0 unspecified atom stereocenters. The largest absolute Gasteiger partial charge is 0.464 e. The van der Waals surface area contributed by atoms with Crippen molar-refractivity contribution < 1.29 is 19.1 Å². The Labute approximate surface area is 137 Å². The van der Waals surface area contributed by atoms with Crippen molar-refractivity contribution in [3.8, 4) is 22.3 Å². The van der Waals surface area contributed by atoms with Gasteiger partial charge >= 0.3 is 11.9 Å². The highest BCUT2D eigenvalue weighted by Gasteiger charge is 2.33. The van der Waals surface area contributed by atoms with Crippen LogP contribution in [0.4, 0.5) is 0 Å². The zero-order valence-corrected chi connectivity index (χ0v) is 13.0. The lowest BCUT2D eigenvalue weighted by Crippen LogP contribution is -2.14. The molecule has 0 fully saturated rings. The summed E-state index contributed by atoms with van der Waals surface area (Å²) in [5, 5.41) is 9.84. The van der Waals surface area contributed by atoms with E-state index in [1.165, 1.54) is 14.2 Å². The van der Waals surface area contributed by atoms with E-state index in [0.29, 0.717) is 11.1 Å². The monoisotopic (exact) mass is 320 g/mol. The lowest BCUT2D eigenvalue weighted by atomic mass is 10.0. The summed E-state index contributed by atoms with van der Waals surface area (Å²) in [6.45, 7) is 0. The molecule has 1 heterocycles. The molecule has 0 radical (unpaired) electrons. The summed E-state index contributed by atoms with van der Waals surface area (Å²) in [5.41, 5.74) is 2.96. The van der Waals surface area contributed by atoms with Crippen LogP contribution in [0, 0.1) is 0 Å². The van der Waals surface area contributed by atoms with Gasteiger partial charge in [-0.25, -0.2) is 9.59 Å². The maximum atomic E-state index is 12.2. The third-order valence-corrected chi connectivity index (χ3v) is 4.17. The molecule has 4 rings (SSSR count). The second-order valence-electron chi connectivity index (χ2n) is 5.34. The van der Waals surface area contributed by atoms with Crippen molar-refractivity contribution in [2.75, 3.05) is 14.2 Å². The molecule has 0 spiro atoms. The van der Waals surface area contributed by atoms with E-state index in [-0.39, 0.29) is 11.4 Å². The molecular formula is C18H12N2O4. The molecule has 0 aliphatic heterocycles. The van der Waals surface area contributed by atoms with Crippen LogP contribution >= 0.6 is 0 Å². The number of fused-ring (bicyclic) bond motifs is 3. The summed E-state index contributed by atoms with van der Waals surface area (Å²) in [6, 6.07) is 11.5. The van der Waals surface area contributed by atoms with Crippen LogP contribution in [-0.2, 0) is 9.47 Å². The summed E-state index contributed by atoms with van der Waals surface area (Å²) >= 11 is 0. The fourth-order valence-electron chi connectivity index (χ4n) is 3.20. The number of carbonyl (C=O) groups is 2. The van der Waals surface area contributed by atoms with Crippen molar-refractivity contribution in [3.05, 3.63) is 47.8 Å². The van der Waals surface area contributed by atoms with Gasteiger partial charge in [0.15, 0.2) is 11.4 Å². The van der Waals surface area contributed by atoms with E-state index < -0.39 is 11.9 Å². The fourth-order valence-corrected chi connectivity index (χ4v) is 3.20. The fraction of sp³-hybridized carbons (Fsp3) is 0.111. The van der Waals surface area contributed by atoms with Gasteiger partial charge in [0.25, 0.3) is 0 Å². The lowest BCUT2D eigenvalue weighted by Gasteiger charge is -2.09. The Bertz CT molecular complexity index is 949. The van der Waals surface area contributed by atoms with Crippen molar-refractivity contribution in [2.45, 2.75) is 0 Å². The summed E-state index contributed by atoms with van der Waals surface area (Å²) < 4.78 is 9.65. The SMILES string of the molecule is COC(=O)c1nnc(C(=O)OC)c2c1-c1cccc3cccc-2c13. The lowest BCUT2D eigenvalue weighted by molar-refractivity contribution is 0.0575. The molecule has 1 aliphatic carbocycles. The first-order valence-corrected chi connectivity index (χ1v) is 7.27. The normalized spacial score (nSPS) is 11.2. The third-order valence-electron chi connectivity index (χ3n) is 4.17. The maximum Gasteiger partial charge on any atom is 0.359 e. The number of esters is 2. The van der Waals surface area contributed by atoms with Crippen LogP contribution in [0.5, 0.6) is 0 Å². The highest BCUT2D eigenvalue weighted by Crippen LogP contribution is 2.49. The van der Waals surface area contributed by atoms with Crippen molar-refractivity contribution in [3.63, 3.8) is 0 Å². The number of ether oxygens (including phenoxy) is 2. The van der Waals surface area contributed by atoms with E-state index in [0.717, 1.165) is 21.9 Å². The van der Waals surface area contributed by atoms with E-state index >= 15 is 0 Å². The van der Waals surface area contributed by atoms with E-state index in [4.69, 9.17) is 9.47 Å². The van der Waals surface area contributed by atoms with Crippen LogP contribution in [0.1, 0.15) is 21.0 Å². The molecule has 0 atom stereocenters. The molecule has 1 aliphatic rings. The average Bonchev–Trinajstić information content (AvgIpc) is 2.97. The van der Waals surface area contributed by atoms with E-state index in [1.807, 2.05) is 36.4 Å². The van der Waals surface area contributed by atoms with Gasteiger partial charge in [0.1, 0.15) is 0 Å². The molecule has 0 amide bonds. The highest BCUT2D eigenvalue weighted by atomic mass is 16.5. The molecule has 0 saturated carbocycles. The van der Waals surface area contributed by atoms with Crippen molar-refractivity contribution in [1.29, 1.82) is 0 Å². The van der Waals surface area contributed by atoms with Crippen LogP contribution in [0.2, 0.25) is 0 Å². The van der Waals surface area contributed by atoms with Gasteiger partial charge in [-0.2, -0.15) is 0 Å². The van der Waals surface area contributed by atoms with Crippen LogP contribution in [0.15, 0.2) is 36.4 Å². The molecule has 1 aromatic heterocycles. The summed E-state index contributed by atoms with van der Waals surface area (Å²) in [4.78, 5) is 24.3. The van der Waals surface area contributed by atoms with Crippen LogP contribution in [0.3, 0.4) is 0 Å². The minimum Gasteiger partial charge on any atom is -0.464 e. The predicted molar refractivity (Wildman–Crippen MR) is 86.6 cm³/mol. The Morgan fingerprint density at radius 2 is 1.25 bits per heavy atom. The van der Waals surface area contributed by atoms with Crippen molar-refractivity contribution in [2.24, 2.45) is 0 Å². The van der Waals surface area contributed by atoms with Gasteiger partial charge in [-0.1, -0.05) is 36.4 Å². The first-order valence-electron chi connectivity index (χ1n) is 7.27. The van der Waals surface area contributed by atoms with Crippen molar-refractivity contribution >= 4 is 22.7 Å². The highest BCUT2D eigenvalue weighted by molar-refractivity contribution is 6.21. The smallest absolute Gasteiger partial charge is 0.359 e. The summed E-state index contributed by atoms with van der Waals surface area (Å²) in [7, 11) is 2.57. The van der Waals surface area contributed by atoms with Gasteiger partial charge in [-0.05, 0) is 21.9 Å². The number of aromatic nitrogens is 2. The Balaban J connectivity index is 2.18. The Hall–Kier alpha value is -3.28. The van der Waals surface area contributed by atoms with Gasteiger partial charge in [-0.15, -0.1) is 10.2 Å². The molecular weight excluding hydrogens is 308 g/mol. The minimum absolute atomic E-state index is 0.0869. The Morgan fingerprint density at radius 3 is 1.67 bits per heavy atom. The number of hydrogen-bond donors (Lipinski definition) is 0. The summed E-state index contributed by atoms with van der Waals surface area (Å²) in [6.07, 6.45) is 0. The molecule has 0 N–H and O–H groups in total. The van der Waals surface area contributed by atoms with Gasteiger partial charge in [0.2, 0.25) is 0 Å². The molecule has 2 aromatic carbocycles. The molecule has 118 valence electrons. The predicted octanol–water partition coefficient (Wildman–Crippen LogP) is 2.85. The maximum absolute atomic E-state index is 12.2. The standard InChI is InChI=1S/C18H12N2O4/c1-23-17(21)15-13-10-7-3-5-9-6-4-8-11(12(9)10)14(13)16(20-19-15)18(22)24-2/h3-8H,1-2H3. The van der Waals surface area contributed by atoms with E-state index in [1.54, 1.807) is 0 Å². The van der Waals surface area contributed by atoms with Crippen LogP contribution in [-0.4, -0.2) is 36.4 Å². The average molecular weight is 320 g/mol. The van der Waals surface area contributed by atoms with Crippen molar-refractivity contribution in [1.82, 2.24) is 10.2 Å². The van der Waals surface area contributed by atoms with Gasteiger partial charge in [-0.3, -0.25) is 0 Å². The number of carbonyl (C=O) groups excluding carboxylic acids is 2. The van der Waals surface area contributed by atoms with Crippen LogP contribution in [0.25, 0.3) is 33.0 Å². The Morgan fingerprint density at radius 1 is 0.792 bits per heavy atom. The third kappa shape index (κ3) is 1.76. The molecule has 24 heavy (non-hydrogen) atoms. The minimum atomic E-state index is -0.597. The number of nitrogens with zero attached hydrogens (tertiary/aromatic N) is 2. The first-order chi connectivity index (χ1) is 11.7. The number of rotatable bonds is 2. The van der Waals surface area contributed by atoms with Crippen LogP contribution < -0.4 is 0 Å². The van der Waals surface area contributed by atoms with E-state index in [2.05, 4.69) is 10.2 Å². The number of methoxy groups -OCH3 is 2. The van der Waals surface area contributed by atoms with Gasteiger partial charge in [0.05, 0.1) is 14.2 Å². The zero-order chi connectivity index (χ0) is 16.8. The number of hydrogen-bond acceptors (Lipinski definition) is 6. The van der Waals surface area contributed by atoms with E-state index in [9.17, 15) is 9.59 Å². The second-order valence-corrected chi connectivity index (χ2v) is 5.34. The second kappa shape index (κ2) is 5.13. The first kappa shape index (κ1) is 14.3. The topological polar surface area (TPSA) is 78.4 Å². The Kier molecular flexibility index (Phi) is 3.06. The zero-order valence-electron chi connectivity index (χ0n) is 13.0. The molecule has 0 saturated heterocycles. The summed E-state index contributed by atoms with van der Waals surface area (Å²) in [5.74, 6) is -1.19. The molecule has 6 heteroatoms. The molecule has 6 nitrogen and oxygen atoms in total.